The molecule has 0 bridgehead atoms. The lowest BCUT2D eigenvalue weighted by molar-refractivity contribution is 0.239. The van der Waals surface area contributed by atoms with Gasteiger partial charge in [-0.2, -0.15) is 0 Å². The molecular weight excluding hydrogens is 247 g/mol. The number of hydrogen-bond donors (Lipinski definition) is 2. The van der Waals surface area contributed by atoms with Crippen molar-refractivity contribution in [2.75, 3.05) is 0 Å². The first-order chi connectivity index (χ1) is 9.15. The maximum atomic E-state index is 13.3. The molecule has 2 rings (SSSR count). The van der Waals surface area contributed by atoms with Gasteiger partial charge in [-0.05, 0) is 36.2 Å². The zero-order chi connectivity index (χ0) is 13.7. The van der Waals surface area contributed by atoms with Crippen LogP contribution < -0.4 is 10.6 Å². The van der Waals surface area contributed by atoms with Gasteiger partial charge in [0.1, 0.15) is 11.6 Å². The second kappa shape index (κ2) is 6.04. The van der Waals surface area contributed by atoms with Gasteiger partial charge in [0.2, 0.25) is 0 Å². The van der Waals surface area contributed by atoms with Gasteiger partial charge in [0.15, 0.2) is 0 Å². The lowest BCUT2D eigenvalue weighted by atomic mass is 10.1. The lowest BCUT2D eigenvalue weighted by Gasteiger charge is -2.07. The highest BCUT2D eigenvalue weighted by Crippen LogP contribution is 2.08. The Morgan fingerprint density at radius 1 is 1.26 bits per heavy atom. The summed E-state index contributed by atoms with van der Waals surface area (Å²) in [6.07, 6.45) is 1.55. The summed E-state index contributed by atoms with van der Waals surface area (Å²) in [4.78, 5) is 11.5. The van der Waals surface area contributed by atoms with Crippen LogP contribution in [0.25, 0.3) is 0 Å². The largest absolute Gasteiger partial charge is 0.467 e. The van der Waals surface area contributed by atoms with E-state index in [0.717, 1.165) is 5.56 Å². The molecule has 0 fully saturated rings. The zero-order valence-electron chi connectivity index (χ0n) is 10.6. The van der Waals surface area contributed by atoms with Crippen LogP contribution in [-0.4, -0.2) is 6.03 Å². The highest BCUT2D eigenvalue weighted by molar-refractivity contribution is 5.73. The number of halogens is 1. The predicted molar refractivity (Wildman–Crippen MR) is 68.9 cm³/mol. The Balaban J connectivity index is 1.78. The number of hydrogen-bond acceptors (Lipinski definition) is 2. The molecule has 2 aromatic rings. The van der Waals surface area contributed by atoms with Crippen molar-refractivity contribution in [1.82, 2.24) is 10.6 Å². The fraction of sp³-hybridized carbons (Fsp3) is 0.214. The molecule has 0 aliphatic heterocycles. The Kier molecular flexibility index (Phi) is 4.18. The van der Waals surface area contributed by atoms with E-state index in [1.54, 1.807) is 37.5 Å². The van der Waals surface area contributed by atoms with Crippen molar-refractivity contribution < 1.29 is 13.6 Å². The van der Waals surface area contributed by atoms with E-state index in [-0.39, 0.29) is 18.4 Å². The molecule has 0 aliphatic carbocycles. The quantitative estimate of drug-likeness (QED) is 0.890. The summed E-state index contributed by atoms with van der Waals surface area (Å²) < 4.78 is 18.4. The first kappa shape index (κ1) is 13.1. The van der Waals surface area contributed by atoms with Crippen molar-refractivity contribution in [3.63, 3.8) is 0 Å². The molecule has 0 saturated carbocycles. The highest BCUT2D eigenvalue weighted by atomic mass is 19.1. The second-order valence-electron chi connectivity index (χ2n) is 4.20. The maximum absolute atomic E-state index is 13.3. The first-order valence-corrected chi connectivity index (χ1v) is 5.94. The van der Waals surface area contributed by atoms with E-state index in [4.69, 9.17) is 4.42 Å². The Morgan fingerprint density at radius 3 is 2.74 bits per heavy atom. The predicted octanol–water partition coefficient (Wildman–Crippen LogP) is 2.73. The smallest absolute Gasteiger partial charge is 0.315 e. The van der Waals surface area contributed by atoms with Crippen LogP contribution in [-0.2, 0) is 13.1 Å². The molecule has 2 amide bonds. The molecule has 1 aromatic heterocycles. The zero-order valence-corrected chi connectivity index (χ0v) is 10.6. The van der Waals surface area contributed by atoms with Crippen molar-refractivity contribution in [2.45, 2.75) is 20.0 Å². The molecule has 0 unspecified atom stereocenters. The number of urea groups is 1. The summed E-state index contributed by atoms with van der Waals surface area (Å²) in [5, 5.41) is 5.29. The molecule has 4 nitrogen and oxygen atoms in total. The van der Waals surface area contributed by atoms with Crippen molar-refractivity contribution in [1.29, 1.82) is 0 Å². The Bertz CT molecular complexity index is 553. The van der Waals surface area contributed by atoms with Crippen molar-refractivity contribution >= 4 is 6.03 Å². The number of aryl methyl sites for hydroxylation is 1. The van der Waals surface area contributed by atoms with E-state index in [2.05, 4.69) is 10.6 Å². The Hall–Kier alpha value is -2.30. The van der Waals surface area contributed by atoms with Crippen molar-refractivity contribution in [3.05, 3.63) is 59.3 Å². The van der Waals surface area contributed by atoms with Crippen LogP contribution in [0.1, 0.15) is 16.9 Å². The van der Waals surface area contributed by atoms with Gasteiger partial charge in [0, 0.05) is 6.54 Å². The Labute approximate surface area is 110 Å². The molecule has 0 atom stereocenters. The van der Waals surface area contributed by atoms with E-state index in [0.29, 0.717) is 17.9 Å². The average molecular weight is 262 g/mol. The van der Waals surface area contributed by atoms with Crippen molar-refractivity contribution in [2.24, 2.45) is 0 Å². The van der Waals surface area contributed by atoms with Crippen LogP contribution in [0.5, 0.6) is 0 Å². The maximum Gasteiger partial charge on any atom is 0.315 e. The minimum absolute atomic E-state index is 0.268. The minimum Gasteiger partial charge on any atom is -0.467 e. The lowest BCUT2D eigenvalue weighted by Crippen LogP contribution is -2.34. The molecule has 19 heavy (non-hydrogen) atoms. The molecule has 5 heteroatoms. The summed E-state index contributed by atoms with van der Waals surface area (Å²) in [7, 11) is 0. The summed E-state index contributed by atoms with van der Waals surface area (Å²) in [5.41, 5.74) is 1.31. The third-order valence-corrected chi connectivity index (χ3v) is 2.69. The highest BCUT2D eigenvalue weighted by Gasteiger charge is 2.03. The topological polar surface area (TPSA) is 54.3 Å². The third kappa shape index (κ3) is 3.84. The van der Waals surface area contributed by atoms with Gasteiger partial charge in [-0.25, -0.2) is 9.18 Å². The van der Waals surface area contributed by atoms with Gasteiger partial charge in [0.05, 0.1) is 12.8 Å². The SMILES string of the molecule is Cc1ccc(CNC(=O)NCc2ccco2)cc1F. The second-order valence-corrected chi connectivity index (χ2v) is 4.20. The van der Waals surface area contributed by atoms with Crippen LogP contribution in [0.4, 0.5) is 9.18 Å². The fourth-order valence-corrected chi connectivity index (χ4v) is 1.57. The van der Waals surface area contributed by atoms with Crippen molar-refractivity contribution in [3.8, 4) is 0 Å². The molecule has 1 heterocycles. The monoisotopic (exact) mass is 262 g/mol. The van der Waals surface area contributed by atoms with E-state index >= 15 is 0 Å². The van der Waals surface area contributed by atoms with Gasteiger partial charge in [-0.1, -0.05) is 12.1 Å². The van der Waals surface area contributed by atoms with Crippen LogP contribution in [0, 0.1) is 12.7 Å². The number of rotatable bonds is 4. The number of furan rings is 1. The summed E-state index contributed by atoms with van der Waals surface area (Å²) in [6.45, 7) is 2.30. The van der Waals surface area contributed by atoms with Crippen LogP contribution in [0.15, 0.2) is 41.0 Å². The summed E-state index contributed by atoms with van der Waals surface area (Å²) in [5.74, 6) is 0.409. The molecule has 0 saturated heterocycles. The molecule has 100 valence electrons. The molecular formula is C14H15FN2O2. The van der Waals surface area contributed by atoms with Crippen LogP contribution >= 0.6 is 0 Å². The average Bonchev–Trinajstić information content (AvgIpc) is 2.91. The molecule has 0 radical (unpaired) electrons. The normalized spacial score (nSPS) is 10.2. The summed E-state index contributed by atoms with van der Waals surface area (Å²) in [6, 6.07) is 8.09. The molecule has 0 aliphatic rings. The van der Waals surface area contributed by atoms with E-state index in [1.807, 2.05) is 0 Å². The van der Waals surface area contributed by atoms with Gasteiger partial charge in [-0.15, -0.1) is 0 Å². The van der Waals surface area contributed by atoms with Crippen LogP contribution in [0.3, 0.4) is 0 Å². The Morgan fingerprint density at radius 2 is 2.05 bits per heavy atom. The van der Waals surface area contributed by atoms with E-state index < -0.39 is 0 Å². The van der Waals surface area contributed by atoms with Gasteiger partial charge in [-0.3, -0.25) is 0 Å². The van der Waals surface area contributed by atoms with Gasteiger partial charge in [0.25, 0.3) is 0 Å². The molecule has 2 N–H and O–H groups in total. The van der Waals surface area contributed by atoms with Gasteiger partial charge >= 0.3 is 6.03 Å². The third-order valence-electron chi connectivity index (χ3n) is 2.69. The summed E-state index contributed by atoms with van der Waals surface area (Å²) >= 11 is 0. The molecule has 1 aromatic carbocycles. The number of carbonyl (C=O) groups excluding carboxylic acids is 1. The van der Waals surface area contributed by atoms with E-state index in [1.165, 1.54) is 6.07 Å². The first-order valence-electron chi connectivity index (χ1n) is 5.94. The number of carbonyl (C=O) groups is 1. The van der Waals surface area contributed by atoms with Gasteiger partial charge < -0.3 is 15.1 Å². The molecule has 0 spiro atoms. The number of benzene rings is 1. The minimum atomic E-state index is -0.322. The number of nitrogens with one attached hydrogen (secondary N) is 2. The fourth-order valence-electron chi connectivity index (χ4n) is 1.57. The van der Waals surface area contributed by atoms with Crippen LogP contribution in [0.2, 0.25) is 0 Å². The standard InChI is InChI=1S/C14H15FN2O2/c1-10-4-5-11(7-13(10)15)8-16-14(18)17-9-12-3-2-6-19-12/h2-7H,8-9H2,1H3,(H2,16,17,18). The van der Waals surface area contributed by atoms with E-state index in [9.17, 15) is 9.18 Å². The number of amides is 2.